The second-order valence-electron chi connectivity index (χ2n) is 3.29. The predicted octanol–water partition coefficient (Wildman–Crippen LogP) is 2.03. The zero-order valence-electron chi connectivity index (χ0n) is 8.77. The van der Waals surface area contributed by atoms with Crippen LogP contribution in [0.15, 0.2) is 12.1 Å². The Morgan fingerprint density at radius 3 is 2.54 bits per heavy atom. The molecule has 1 N–H and O–H groups in total. The first-order chi connectivity index (χ1) is 6.19. The van der Waals surface area contributed by atoms with Crippen LogP contribution in [0.4, 0.5) is 0 Å². The maximum absolute atomic E-state index is 5.32. The molecule has 0 amide bonds. The third kappa shape index (κ3) is 2.22. The Labute approximate surface area is 79.9 Å². The van der Waals surface area contributed by atoms with Gasteiger partial charge in [-0.1, -0.05) is 6.07 Å². The molecule has 0 heterocycles. The molecule has 13 heavy (non-hydrogen) atoms. The molecule has 2 heteroatoms. The summed E-state index contributed by atoms with van der Waals surface area (Å²) in [5.41, 5.74) is 3.77. The van der Waals surface area contributed by atoms with Gasteiger partial charge in [-0.05, 0) is 38.1 Å². The highest BCUT2D eigenvalue weighted by Gasteiger charge is 2.05. The molecule has 72 valence electrons. The molecule has 0 spiro atoms. The lowest BCUT2D eigenvalue weighted by atomic mass is 10.0. The number of ether oxygens (including phenoxy) is 1. The number of methoxy groups -OCH3 is 1. The topological polar surface area (TPSA) is 21.3 Å². The molecule has 0 atom stereocenters. The van der Waals surface area contributed by atoms with Crippen molar-refractivity contribution in [2.24, 2.45) is 0 Å². The monoisotopic (exact) mass is 179 g/mol. The SMILES string of the molecule is CNCc1c(C)cc(C)cc1OC. The maximum atomic E-state index is 5.32. The van der Waals surface area contributed by atoms with Crippen LogP contribution in [0.2, 0.25) is 0 Å². The first-order valence-corrected chi connectivity index (χ1v) is 4.47. The van der Waals surface area contributed by atoms with Gasteiger partial charge in [0.1, 0.15) is 5.75 Å². The largest absolute Gasteiger partial charge is 0.496 e. The Morgan fingerprint density at radius 2 is 2.00 bits per heavy atom. The van der Waals surface area contributed by atoms with Crippen LogP contribution in [0.1, 0.15) is 16.7 Å². The number of aryl methyl sites for hydroxylation is 2. The van der Waals surface area contributed by atoms with Crippen molar-refractivity contribution >= 4 is 0 Å². The van der Waals surface area contributed by atoms with Crippen LogP contribution < -0.4 is 10.1 Å². The zero-order chi connectivity index (χ0) is 9.84. The fraction of sp³-hybridized carbons (Fsp3) is 0.455. The molecule has 0 saturated carbocycles. The lowest BCUT2D eigenvalue weighted by Crippen LogP contribution is -2.08. The van der Waals surface area contributed by atoms with E-state index in [2.05, 4.69) is 31.3 Å². The van der Waals surface area contributed by atoms with E-state index in [-0.39, 0.29) is 0 Å². The average Bonchev–Trinajstić information content (AvgIpc) is 2.09. The summed E-state index contributed by atoms with van der Waals surface area (Å²) in [6, 6.07) is 4.24. The summed E-state index contributed by atoms with van der Waals surface area (Å²) in [6.07, 6.45) is 0. The van der Waals surface area contributed by atoms with Gasteiger partial charge in [0.15, 0.2) is 0 Å². The van der Waals surface area contributed by atoms with Gasteiger partial charge in [0.2, 0.25) is 0 Å². The Morgan fingerprint density at radius 1 is 1.31 bits per heavy atom. The first kappa shape index (κ1) is 10.1. The highest BCUT2D eigenvalue weighted by Crippen LogP contribution is 2.23. The molecule has 0 fully saturated rings. The highest BCUT2D eigenvalue weighted by atomic mass is 16.5. The van der Waals surface area contributed by atoms with Crippen LogP contribution in [0, 0.1) is 13.8 Å². The second kappa shape index (κ2) is 4.28. The van der Waals surface area contributed by atoms with Crippen molar-refractivity contribution < 1.29 is 4.74 Å². The molecular weight excluding hydrogens is 162 g/mol. The average molecular weight is 179 g/mol. The van der Waals surface area contributed by atoms with Crippen molar-refractivity contribution in [3.8, 4) is 5.75 Å². The number of hydrogen-bond acceptors (Lipinski definition) is 2. The van der Waals surface area contributed by atoms with Crippen LogP contribution in [-0.4, -0.2) is 14.2 Å². The molecule has 1 aromatic rings. The third-order valence-electron chi connectivity index (χ3n) is 2.15. The van der Waals surface area contributed by atoms with E-state index in [0.29, 0.717) is 0 Å². The first-order valence-electron chi connectivity index (χ1n) is 4.47. The molecule has 0 bridgehead atoms. The molecule has 0 aliphatic rings. The Hall–Kier alpha value is -1.02. The molecule has 0 aliphatic heterocycles. The quantitative estimate of drug-likeness (QED) is 0.766. The smallest absolute Gasteiger partial charge is 0.123 e. The highest BCUT2D eigenvalue weighted by molar-refractivity contribution is 5.42. The van der Waals surface area contributed by atoms with E-state index in [9.17, 15) is 0 Å². The van der Waals surface area contributed by atoms with E-state index in [0.717, 1.165) is 12.3 Å². The minimum atomic E-state index is 0.856. The van der Waals surface area contributed by atoms with Crippen molar-refractivity contribution in [3.05, 3.63) is 28.8 Å². The van der Waals surface area contributed by atoms with Gasteiger partial charge < -0.3 is 10.1 Å². The lowest BCUT2D eigenvalue weighted by Gasteiger charge is -2.12. The molecule has 1 rings (SSSR count). The van der Waals surface area contributed by atoms with Gasteiger partial charge in [-0.2, -0.15) is 0 Å². The lowest BCUT2D eigenvalue weighted by molar-refractivity contribution is 0.407. The van der Waals surface area contributed by atoms with Crippen LogP contribution in [0.5, 0.6) is 5.75 Å². The summed E-state index contributed by atoms with van der Waals surface area (Å²) in [5.74, 6) is 0.979. The van der Waals surface area contributed by atoms with Gasteiger partial charge in [-0.3, -0.25) is 0 Å². The van der Waals surface area contributed by atoms with Gasteiger partial charge >= 0.3 is 0 Å². The van der Waals surface area contributed by atoms with Gasteiger partial charge in [-0.25, -0.2) is 0 Å². The molecule has 2 nitrogen and oxygen atoms in total. The van der Waals surface area contributed by atoms with E-state index in [1.807, 2.05) is 7.05 Å². The van der Waals surface area contributed by atoms with E-state index in [1.54, 1.807) is 7.11 Å². The van der Waals surface area contributed by atoms with Gasteiger partial charge in [0.05, 0.1) is 7.11 Å². The van der Waals surface area contributed by atoms with Crippen LogP contribution in [0.25, 0.3) is 0 Å². The van der Waals surface area contributed by atoms with E-state index < -0.39 is 0 Å². The minimum Gasteiger partial charge on any atom is -0.496 e. The van der Waals surface area contributed by atoms with Crippen LogP contribution >= 0.6 is 0 Å². The van der Waals surface area contributed by atoms with E-state index in [4.69, 9.17) is 4.74 Å². The third-order valence-corrected chi connectivity index (χ3v) is 2.15. The normalized spacial score (nSPS) is 10.2. The summed E-state index contributed by atoms with van der Waals surface area (Å²) < 4.78 is 5.32. The predicted molar refractivity (Wildman–Crippen MR) is 55.2 cm³/mol. The summed E-state index contributed by atoms with van der Waals surface area (Å²) in [7, 11) is 3.66. The Bertz CT molecular complexity index is 294. The summed E-state index contributed by atoms with van der Waals surface area (Å²) in [6.45, 7) is 5.05. The van der Waals surface area contributed by atoms with Gasteiger partial charge in [-0.15, -0.1) is 0 Å². The van der Waals surface area contributed by atoms with Crippen molar-refractivity contribution in [3.63, 3.8) is 0 Å². The van der Waals surface area contributed by atoms with Crippen molar-refractivity contribution in [1.29, 1.82) is 0 Å². The number of rotatable bonds is 3. The van der Waals surface area contributed by atoms with Crippen molar-refractivity contribution in [1.82, 2.24) is 5.32 Å². The maximum Gasteiger partial charge on any atom is 0.123 e. The summed E-state index contributed by atoms with van der Waals surface area (Å²) >= 11 is 0. The minimum absolute atomic E-state index is 0.856. The van der Waals surface area contributed by atoms with Crippen LogP contribution in [-0.2, 0) is 6.54 Å². The number of hydrogen-bond donors (Lipinski definition) is 1. The van der Waals surface area contributed by atoms with Gasteiger partial charge in [0.25, 0.3) is 0 Å². The van der Waals surface area contributed by atoms with Crippen molar-refractivity contribution in [2.45, 2.75) is 20.4 Å². The molecule has 0 aliphatic carbocycles. The van der Waals surface area contributed by atoms with Crippen molar-refractivity contribution in [2.75, 3.05) is 14.2 Å². The molecule has 0 saturated heterocycles. The fourth-order valence-corrected chi connectivity index (χ4v) is 1.54. The number of nitrogens with one attached hydrogen (secondary N) is 1. The van der Waals surface area contributed by atoms with E-state index >= 15 is 0 Å². The molecular formula is C11H17NO. The van der Waals surface area contributed by atoms with Gasteiger partial charge in [0, 0.05) is 12.1 Å². The Kier molecular flexibility index (Phi) is 3.32. The molecule has 0 radical (unpaired) electrons. The standard InChI is InChI=1S/C11H17NO/c1-8-5-9(2)10(7-12-3)11(6-8)13-4/h5-6,12H,7H2,1-4H3. The summed E-state index contributed by atoms with van der Waals surface area (Å²) in [5, 5.41) is 3.14. The fourth-order valence-electron chi connectivity index (χ4n) is 1.54. The Balaban J connectivity index is 3.13. The van der Waals surface area contributed by atoms with Crippen LogP contribution in [0.3, 0.4) is 0 Å². The molecule has 0 unspecified atom stereocenters. The molecule has 1 aromatic carbocycles. The summed E-state index contributed by atoms with van der Waals surface area (Å²) in [4.78, 5) is 0. The number of benzene rings is 1. The second-order valence-corrected chi connectivity index (χ2v) is 3.29. The molecule has 0 aromatic heterocycles. The zero-order valence-corrected chi connectivity index (χ0v) is 8.77. The van der Waals surface area contributed by atoms with E-state index in [1.165, 1.54) is 16.7 Å².